The fourth-order valence-corrected chi connectivity index (χ4v) is 3.91. The maximum atomic E-state index is 14.1. The summed E-state index contributed by atoms with van der Waals surface area (Å²) in [6, 6.07) is 18.9. The molecule has 1 amide bonds. The van der Waals surface area contributed by atoms with Gasteiger partial charge in [0.1, 0.15) is 22.9 Å². The van der Waals surface area contributed by atoms with Gasteiger partial charge in [-0.15, -0.1) is 0 Å². The largest absolute Gasteiger partial charge is 0.508 e. The molecule has 0 saturated carbocycles. The van der Waals surface area contributed by atoms with E-state index in [0.717, 1.165) is 0 Å². The molecule has 1 aromatic heterocycles. The molecule has 6 nitrogen and oxygen atoms in total. The number of phenolic OH excluding ortho intramolecular Hbond substituents is 1. The van der Waals surface area contributed by atoms with Gasteiger partial charge in [-0.1, -0.05) is 36.4 Å². The summed E-state index contributed by atoms with van der Waals surface area (Å²) < 4.78 is 25.6. The molecule has 5 rings (SSSR count). The van der Waals surface area contributed by atoms with Crippen molar-refractivity contribution in [1.29, 1.82) is 0 Å². The van der Waals surface area contributed by atoms with Gasteiger partial charge < -0.3 is 19.6 Å². The zero-order chi connectivity index (χ0) is 21.5. The van der Waals surface area contributed by atoms with Gasteiger partial charge in [-0.3, -0.25) is 4.79 Å². The number of para-hydroxylation sites is 2. The van der Waals surface area contributed by atoms with Crippen molar-refractivity contribution in [3.63, 3.8) is 0 Å². The van der Waals surface area contributed by atoms with Crippen LogP contribution in [0.1, 0.15) is 17.0 Å². The van der Waals surface area contributed by atoms with Crippen molar-refractivity contribution in [3.8, 4) is 11.5 Å². The van der Waals surface area contributed by atoms with Gasteiger partial charge in [0.15, 0.2) is 6.10 Å². The van der Waals surface area contributed by atoms with Crippen LogP contribution in [0.4, 0.5) is 10.1 Å². The van der Waals surface area contributed by atoms with E-state index in [1.165, 1.54) is 30.3 Å². The van der Waals surface area contributed by atoms with E-state index < -0.39 is 29.4 Å². The normalized spacial score (nSPS) is 17.2. The average Bonchev–Trinajstić information content (AvgIpc) is 3.17. The predicted molar refractivity (Wildman–Crippen MR) is 112 cm³/mol. The Labute approximate surface area is 175 Å². The number of carbonyl (C=O) groups is 1. The molecule has 1 aliphatic heterocycles. The highest BCUT2D eigenvalue weighted by Gasteiger charge is 2.44. The Morgan fingerprint density at radius 2 is 1.77 bits per heavy atom. The highest BCUT2D eigenvalue weighted by Crippen LogP contribution is 2.45. The summed E-state index contributed by atoms with van der Waals surface area (Å²) in [5, 5.41) is 13.0. The van der Waals surface area contributed by atoms with Gasteiger partial charge in [0.2, 0.25) is 0 Å². The minimum Gasteiger partial charge on any atom is -0.508 e. The van der Waals surface area contributed by atoms with Crippen LogP contribution in [-0.4, -0.2) is 17.1 Å². The van der Waals surface area contributed by atoms with Crippen molar-refractivity contribution in [2.75, 3.05) is 5.32 Å². The van der Waals surface area contributed by atoms with Gasteiger partial charge in [-0.05, 0) is 42.0 Å². The maximum absolute atomic E-state index is 14.1. The number of anilines is 1. The Hall–Kier alpha value is -4.13. The minimum absolute atomic E-state index is 0.00129. The third-order valence-corrected chi connectivity index (χ3v) is 5.28. The molecule has 31 heavy (non-hydrogen) atoms. The SMILES string of the molecule is O=C(Nc1ccccc1F)C1Oc2c(c(=O)oc3ccccc23)C1c1cccc(O)c1. The zero-order valence-electron chi connectivity index (χ0n) is 16.0. The summed E-state index contributed by atoms with van der Waals surface area (Å²) >= 11 is 0. The van der Waals surface area contributed by atoms with E-state index in [2.05, 4.69) is 5.32 Å². The first-order chi connectivity index (χ1) is 15.0. The third-order valence-electron chi connectivity index (χ3n) is 5.28. The van der Waals surface area contributed by atoms with Crippen LogP contribution in [0.3, 0.4) is 0 Å². The lowest BCUT2D eigenvalue weighted by Crippen LogP contribution is -2.35. The first-order valence-electron chi connectivity index (χ1n) is 9.59. The Morgan fingerprint density at radius 3 is 2.58 bits per heavy atom. The molecule has 4 aromatic rings. The Balaban J connectivity index is 1.66. The lowest BCUT2D eigenvalue weighted by atomic mass is 9.88. The van der Waals surface area contributed by atoms with Crippen LogP contribution < -0.4 is 15.7 Å². The quantitative estimate of drug-likeness (QED) is 0.489. The van der Waals surface area contributed by atoms with Crippen LogP contribution in [0.25, 0.3) is 11.0 Å². The number of hydrogen-bond acceptors (Lipinski definition) is 5. The molecule has 2 unspecified atom stereocenters. The number of ether oxygens (including phenoxy) is 1. The summed E-state index contributed by atoms with van der Waals surface area (Å²) in [7, 11) is 0. The number of phenols is 1. The second kappa shape index (κ2) is 7.28. The Bertz CT molecular complexity index is 1380. The fraction of sp³-hybridized carbons (Fsp3) is 0.0833. The average molecular weight is 417 g/mol. The molecule has 2 N–H and O–H groups in total. The van der Waals surface area contributed by atoms with Crippen LogP contribution in [0, 0.1) is 5.82 Å². The van der Waals surface area contributed by atoms with Gasteiger partial charge in [0, 0.05) is 0 Å². The van der Waals surface area contributed by atoms with Crippen LogP contribution in [0.5, 0.6) is 11.5 Å². The highest BCUT2D eigenvalue weighted by molar-refractivity contribution is 5.97. The van der Waals surface area contributed by atoms with E-state index in [4.69, 9.17) is 9.15 Å². The van der Waals surface area contributed by atoms with Gasteiger partial charge in [0.25, 0.3) is 5.91 Å². The Morgan fingerprint density at radius 1 is 1.00 bits per heavy atom. The first-order valence-corrected chi connectivity index (χ1v) is 9.59. The number of aromatic hydroxyl groups is 1. The molecule has 7 heteroatoms. The fourth-order valence-electron chi connectivity index (χ4n) is 3.91. The smallest absolute Gasteiger partial charge is 0.344 e. The van der Waals surface area contributed by atoms with Crippen molar-refractivity contribution < 1.29 is 23.4 Å². The van der Waals surface area contributed by atoms with Crippen molar-refractivity contribution in [1.82, 2.24) is 0 Å². The number of rotatable bonds is 3. The van der Waals surface area contributed by atoms with Crippen LogP contribution >= 0.6 is 0 Å². The number of benzene rings is 3. The number of fused-ring (bicyclic) bond motifs is 3. The lowest BCUT2D eigenvalue weighted by molar-refractivity contribution is -0.122. The molecular formula is C24H16FNO5. The molecule has 0 radical (unpaired) electrons. The van der Waals surface area contributed by atoms with Gasteiger partial charge in [0.05, 0.1) is 22.6 Å². The second-order valence-corrected chi connectivity index (χ2v) is 7.21. The maximum Gasteiger partial charge on any atom is 0.344 e. The predicted octanol–water partition coefficient (Wildman–Crippen LogP) is 4.17. The summed E-state index contributed by atoms with van der Waals surface area (Å²) in [6.07, 6.45) is -1.18. The van der Waals surface area contributed by atoms with Crippen molar-refractivity contribution in [2.24, 2.45) is 0 Å². The molecule has 2 heterocycles. The van der Waals surface area contributed by atoms with E-state index in [1.54, 1.807) is 42.5 Å². The van der Waals surface area contributed by atoms with Gasteiger partial charge in [-0.2, -0.15) is 0 Å². The number of hydrogen-bond donors (Lipinski definition) is 2. The Kier molecular flexibility index (Phi) is 4.43. The van der Waals surface area contributed by atoms with Crippen LogP contribution in [0.2, 0.25) is 0 Å². The molecule has 3 aromatic carbocycles. The lowest BCUT2D eigenvalue weighted by Gasteiger charge is -2.19. The minimum atomic E-state index is -1.18. The van der Waals surface area contributed by atoms with E-state index in [9.17, 15) is 19.1 Å². The summed E-state index contributed by atoms with van der Waals surface area (Å²) in [4.78, 5) is 26.0. The number of halogens is 1. The molecule has 0 bridgehead atoms. The zero-order valence-corrected chi connectivity index (χ0v) is 16.0. The molecule has 0 aliphatic carbocycles. The molecular weight excluding hydrogens is 401 g/mol. The van der Waals surface area contributed by atoms with Crippen LogP contribution in [0.15, 0.2) is 82.0 Å². The standard InChI is InChI=1S/C24H16FNO5/c25-16-9-2-3-10-17(16)26-23(28)22-19(13-6-5-7-14(27)12-13)20-21(31-22)15-8-1-4-11-18(15)30-24(20)29/h1-12,19,22,27H,(H,26,28). The monoisotopic (exact) mass is 417 g/mol. The summed E-state index contributed by atoms with van der Waals surface area (Å²) in [5.41, 5.74) is 0.367. The van der Waals surface area contributed by atoms with Gasteiger partial charge in [-0.25, -0.2) is 9.18 Å². The molecule has 154 valence electrons. The van der Waals surface area contributed by atoms with Crippen molar-refractivity contribution in [3.05, 3.63) is 100 Å². The van der Waals surface area contributed by atoms with Crippen molar-refractivity contribution in [2.45, 2.75) is 12.0 Å². The number of nitrogens with one attached hydrogen (secondary N) is 1. The van der Waals surface area contributed by atoms with E-state index in [0.29, 0.717) is 16.5 Å². The molecule has 1 aliphatic rings. The van der Waals surface area contributed by atoms with E-state index >= 15 is 0 Å². The van der Waals surface area contributed by atoms with Crippen molar-refractivity contribution >= 4 is 22.6 Å². The summed E-state index contributed by atoms with van der Waals surface area (Å²) in [6.45, 7) is 0. The second-order valence-electron chi connectivity index (χ2n) is 7.21. The number of carbonyl (C=O) groups excluding carboxylic acids is 1. The topological polar surface area (TPSA) is 88.8 Å². The third kappa shape index (κ3) is 3.20. The highest BCUT2D eigenvalue weighted by atomic mass is 19.1. The van der Waals surface area contributed by atoms with E-state index in [1.807, 2.05) is 0 Å². The molecule has 0 saturated heterocycles. The molecule has 0 fully saturated rings. The number of amides is 1. The van der Waals surface area contributed by atoms with Crippen LogP contribution in [-0.2, 0) is 4.79 Å². The van der Waals surface area contributed by atoms with Gasteiger partial charge >= 0.3 is 5.63 Å². The van der Waals surface area contributed by atoms with E-state index in [-0.39, 0.29) is 22.7 Å². The molecule has 2 atom stereocenters. The summed E-state index contributed by atoms with van der Waals surface area (Å²) in [5.74, 6) is -1.85. The first kappa shape index (κ1) is 18.9. The molecule has 0 spiro atoms.